The molecule has 2 heterocycles. The number of halogens is 1. The lowest BCUT2D eigenvalue weighted by molar-refractivity contribution is -0.129. The zero-order valence-corrected chi connectivity index (χ0v) is 11.6. The van der Waals surface area contributed by atoms with Gasteiger partial charge in [0.05, 0.1) is 13.5 Å². The number of ether oxygens (including phenoxy) is 1. The number of likely N-dealkylation sites (tertiary alicyclic amines) is 1. The molecule has 4 nitrogen and oxygen atoms in total. The van der Waals surface area contributed by atoms with Crippen molar-refractivity contribution in [3.63, 3.8) is 0 Å². The fourth-order valence-electron chi connectivity index (χ4n) is 3.17. The Morgan fingerprint density at radius 3 is 2.70 bits per heavy atom. The Kier molecular flexibility index (Phi) is 3.61. The molecule has 0 aromatic heterocycles. The van der Waals surface area contributed by atoms with Gasteiger partial charge in [-0.3, -0.25) is 4.79 Å². The number of carbonyl (C=O) groups is 1. The van der Waals surface area contributed by atoms with Crippen molar-refractivity contribution >= 4 is 5.91 Å². The van der Waals surface area contributed by atoms with Crippen molar-refractivity contribution in [2.45, 2.75) is 6.42 Å². The number of nitrogens with one attached hydrogen (secondary N) is 1. The van der Waals surface area contributed by atoms with Gasteiger partial charge in [-0.2, -0.15) is 0 Å². The van der Waals surface area contributed by atoms with E-state index >= 15 is 0 Å². The van der Waals surface area contributed by atoms with E-state index < -0.39 is 5.82 Å². The van der Waals surface area contributed by atoms with Gasteiger partial charge >= 0.3 is 0 Å². The number of methoxy groups -OCH3 is 1. The largest absolute Gasteiger partial charge is 0.494 e. The van der Waals surface area contributed by atoms with Gasteiger partial charge in [0.1, 0.15) is 0 Å². The Balaban J connectivity index is 1.63. The molecule has 20 heavy (non-hydrogen) atoms. The van der Waals surface area contributed by atoms with Crippen LogP contribution in [0.4, 0.5) is 4.39 Å². The van der Waals surface area contributed by atoms with Crippen LogP contribution in [0.5, 0.6) is 5.75 Å². The lowest BCUT2D eigenvalue weighted by atomic mass is 10.0. The molecule has 3 rings (SSSR count). The topological polar surface area (TPSA) is 41.6 Å². The Morgan fingerprint density at radius 2 is 2.10 bits per heavy atom. The third-order valence-electron chi connectivity index (χ3n) is 4.31. The molecule has 1 N–H and O–H groups in total. The van der Waals surface area contributed by atoms with Crippen LogP contribution >= 0.6 is 0 Å². The zero-order chi connectivity index (χ0) is 14.1. The van der Waals surface area contributed by atoms with E-state index in [2.05, 4.69) is 5.32 Å². The summed E-state index contributed by atoms with van der Waals surface area (Å²) in [5.41, 5.74) is 0.698. The molecule has 1 amide bonds. The maximum atomic E-state index is 13.6. The van der Waals surface area contributed by atoms with Crippen LogP contribution in [-0.4, -0.2) is 44.1 Å². The third-order valence-corrected chi connectivity index (χ3v) is 4.31. The van der Waals surface area contributed by atoms with E-state index in [-0.39, 0.29) is 18.1 Å². The molecular weight excluding hydrogens is 259 g/mol. The summed E-state index contributed by atoms with van der Waals surface area (Å²) in [7, 11) is 1.43. The minimum Gasteiger partial charge on any atom is -0.494 e. The summed E-state index contributed by atoms with van der Waals surface area (Å²) in [6.07, 6.45) is 0.258. The van der Waals surface area contributed by atoms with Gasteiger partial charge < -0.3 is 15.0 Å². The van der Waals surface area contributed by atoms with Crippen molar-refractivity contribution < 1.29 is 13.9 Å². The Morgan fingerprint density at radius 1 is 1.40 bits per heavy atom. The average Bonchev–Trinajstić information content (AvgIpc) is 2.99. The predicted octanol–water partition coefficient (Wildman–Crippen LogP) is 1.05. The summed E-state index contributed by atoms with van der Waals surface area (Å²) in [6, 6.07) is 4.70. The van der Waals surface area contributed by atoms with Crippen molar-refractivity contribution in [2.24, 2.45) is 11.8 Å². The molecule has 0 radical (unpaired) electrons. The van der Waals surface area contributed by atoms with Gasteiger partial charge in [0, 0.05) is 26.2 Å². The van der Waals surface area contributed by atoms with Gasteiger partial charge in [-0.05, 0) is 29.5 Å². The zero-order valence-electron chi connectivity index (χ0n) is 11.6. The van der Waals surface area contributed by atoms with Crippen molar-refractivity contribution in [3.8, 4) is 5.75 Å². The molecule has 1 aromatic carbocycles. The van der Waals surface area contributed by atoms with Crippen LogP contribution in [-0.2, 0) is 11.2 Å². The van der Waals surface area contributed by atoms with Crippen LogP contribution in [0.15, 0.2) is 18.2 Å². The van der Waals surface area contributed by atoms with Gasteiger partial charge in [-0.15, -0.1) is 0 Å². The summed E-state index contributed by atoms with van der Waals surface area (Å²) in [5, 5.41) is 3.35. The molecular formula is C15H19FN2O2. The fraction of sp³-hybridized carbons (Fsp3) is 0.533. The Bertz CT molecular complexity index is 509. The fourth-order valence-corrected chi connectivity index (χ4v) is 3.17. The van der Waals surface area contributed by atoms with Crippen LogP contribution in [0.2, 0.25) is 0 Å². The number of rotatable bonds is 3. The van der Waals surface area contributed by atoms with E-state index in [1.165, 1.54) is 13.2 Å². The van der Waals surface area contributed by atoms with Crippen LogP contribution in [0.25, 0.3) is 0 Å². The summed E-state index contributed by atoms with van der Waals surface area (Å²) in [5.74, 6) is 1.06. The second-order valence-corrected chi connectivity index (χ2v) is 5.62. The van der Waals surface area contributed by atoms with Crippen molar-refractivity contribution in [1.82, 2.24) is 10.2 Å². The lowest BCUT2D eigenvalue weighted by Crippen LogP contribution is -2.33. The first-order valence-electron chi connectivity index (χ1n) is 6.98. The van der Waals surface area contributed by atoms with Crippen molar-refractivity contribution in [2.75, 3.05) is 33.3 Å². The molecule has 2 aliphatic rings. The molecule has 5 heteroatoms. The lowest BCUT2D eigenvalue weighted by Gasteiger charge is -2.17. The highest BCUT2D eigenvalue weighted by Gasteiger charge is 2.37. The maximum Gasteiger partial charge on any atom is 0.227 e. The second kappa shape index (κ2) is 5.40. The second-order valence-electron chi connectivity index (χ2n) is 5.62. The molecule has 108 valence electrons. The molecule has 0 spiro atoms. The molecule has 0 saturated carbocycles. The normalized spacial score (nSPS) is 24.8. The van der Waals surface area contributed by atoms with Crippen LogP contribution in [0.1, 0.15) is 5.56 Å². The number of hydrogen-bond donors (Lipinski definition) is 1. The van der Waals surface area contributed by atoms with Crippen LogP contribution in [0.3, 0.4) is 0 Å². The van der Waals surface area contributed by atoms with E-state index in [1.54, 1.807) is 12.1 Å². The molecule has 0 bridgehead atoms. The summed E-state index contributed by atoms with van der Waals surface area (Å²) in [6.45, 7) is 3.67. The van der Waals surface area contributed by atoms with Crippen LogP contribution < -0.4 is 10.1 Å². The average molecular weight is 278 g/mol. The summed E-state index contributed by atoms with van der Waals surface area (Å²) < 4.78 is 18.5. The maximum absolute atomic E-state index is 13.6. The molecule has 1 aromatic rings. The van der Waals surface area contributed by atoms with Gasteiger partial charge in [0.2, 0.25) is 5.91 Å². The first-order valence-corrected chi connectivity index (χ1v) is 6.98. The van der Waals surface area contributed by atoms with Crippen LogP contribution in [0, 0.1) is 17.7 Å². The molecule has 2 saturated heterocycles. The van der Waals surface area contributed by atoms with E-state index in [0.717, 1.165) is 26.2 Å². The van der Waals surface area contributed by atoms with Crippen molar-refractivity contribution in [1.29, 1.82) is 0 Å². The SMILES string of the molecule is COc1ccc(CC(=O)N2C[C@H]3CNC[C@H]3C2)cc1F. The Labute approximate surface area is 117 Å². The predicted molar refractivity (Wildman–Crippen MR) is 73.1 cm³/mol. The molecule has 2 fully saturated rings. The first-order chi connectivity index (χ1) is 9.67. The molecule has 0 aliphatic carbocycles. The highest BCUT2D eigenvalue weighted by atomic mass is 19.1. The smallest absolute Gasteiger partial charge is 0.227 e. The van der Waals surface area contributed by atoms with E-state index in [9.17, 15) is 9.18 Å². The number of amides is 1. The number of nitrogens with zero attached hydrogens (tertiary/aromatic N) is 1. The number of hydrogen-bond acceptors (Lipinski definition) is 3. The van der Waals surface area contributed by atoms with Gasteiger partial charge in [0.15, 0.2) is 11.6 Å². The molecule has 2 aliphatic heterocycles. The molecule has 2 atom stereocenters. The van der Waals surface area contributed by atoms with Gasteiger partial charge in [-0.25, -0.2) is 4.39 Å². The molecule has 0 unspecified atom stereocenters. The standard InChI is InChI=1S/C15H19FN2O2/c1-20-14-3-2-10(4-13(14)16)5-15(19)18-8-11-6-17-7-12(11)9-18/h2-4,11-12,17H,5-9H2,1H3/t11-,12+. The summed E-state index contributed by atoms with van der Waals surface area (Å²) >= 11 is 0. The number of benzene rings is 1. The van der Waals surface area contributed by atoms with Gasteiger partial charge in [0.25, 0.3) is 0 Å². The summed E-state index contributed by atoms with van der Waals surface area (Å²) in [4.78, 5) is 14.2. The van der Waals surface area contributed by atoms with E-state index in [1.807, 2.05) is 4.90 Å². The van der Waals surface area contributed by atoms with E-state index in [0.29, 0.717) is 17.4 Å². The first kappa shape index (κ1) is 13.4. The van der Waals surface area contributed by atoms with E-state index in [4.69, 9.17) is 4.74 Å². The highest BCUT2D eigenvalue weighted by molar-refractivity contribution is 5.79. The van der Waals surface area contributed by atoms with Crippen molar-refractivity contribution in [3.05, 3.63) is 29.6 Å². The van der Waals surface area contributed by atoms with Gasteiger partial charge in [-0.1, -0.05) is 6.07 Å². The number of carbonyl (C=O) groups excluding carboxylic acids is 1. The minimum atomic E-state index is -0.416. The Hall–Kier alpha value is -1.62. The third kappa shape index (κ3) is 2.50. The highest BCUT2D eigenvalue weighted by Crippen LogP contribution is 2.27. The quantitative estimate of drug-likeness (QED) is 0.899. The number of fused-ring (bicyclic) bond motifs is 1. The monoisotopic (exact) mass is 278 g/mol. The minimum absolute atomic E-state index is 0.0870.